The molecule has 2 aromatic rings. The van der Waals surface area contributed by atoms with Gasteiger partial charge in [0.05, 0.1) is 28.9 Å². The van der Waals surface area contributed by atoms with Gasteiger partial charge < -0.3 is 14.8 Å². The highest BCUT2D eigenvalue weighted by Crippen LogP contribution is 2.37. The number of hydrogen-bond acceptors (Lipinski definition) is 3. The summed E-state index contributed by atoms with van der Waals surface area (Å²) >= 11 is 18.5. The highest BCUT2D eigenvalue weighted by Gasteiger charge is 2.13. The van der Waals surface area contributed by atoms with Gasteiger partial charge in [-0.15, -0.1) is 0 Å². The Morgan fingerprint density at radius 2 is 1.75 bits per heavy atom. The average molecular weight is 389 g/mol. The molecule has 0 saturated heterocycles. The smallest absolute Gasteiger partial charge is 0.179 e. The minimum atomic E-state index is 0.531. The van der Waals surface area contributed by atoms with Gasteiger partial charge in [-0.25, -0.2) is 0 Å². The molecule has 0 aliphatic heterocycles. The van der Waals surface area contributed by atoms with Crippen molar-refractivity contribution < 1.29 is 9.47 Å². The van der Waals surface area contributed by atoms with Crippen molar-refractivity contribution in [3.05, 3.63) is 51.0 Å². The van der Waals surface area contributed by atoms with Gasteiger partial charge in [-0.05, 0) is 49.2 Å². The quantitative estimate of drug-likeness (QED) is 0.564. The monoisotopic (exact) mass is 387 g/mol. The summed E-state index contributed by atoms with van der Waals surface area (Å²) in [5.41, 5.74) is 1.73. The van der Waals surface area contributed by atoms with Crippen LogP contribution in [0.4, 0.5) is 5.69 Å². The summed E-state index contributed by atoms with van der Waals surface area (Å²) in [6.07, 6.45) is 0.901. The molecule has 6 heteroatoms. The van der Waals surface area contributed by atoms with Crippen LogP contribution in [0, 0.1) is 0 Å². The Morgan fingerprint density at radius 1 is 0.958 bits per heavy atom. The van der Waals surface area contributed by atoms with Crippen LogP contribution in [0.3, 0.4) is 0 Å². The molecule has 0 aliphatic rings. The van der Waals surface area contributed by atoms with E-state index in [1.165, 1.54) is 0 Å². The molecule has 2 aromatic carbocycles. The molecule has 0 aliphatic carbocycles. The first kappa shape index (κ1) is 19.0. The van der Waals surface area contributed by atoms with Crippen molar-refractivity contribution in [2.24, 2.45) is 0 Å². The molecule has 0 spiro atoms. The van der Waals surface area contributed by atoms with Gasteiger partial charge in [0.2, 0.25) is 0 Å². The van der Waals surface area contributed by atoms with Crippen molar-refractivity contribution in [1.82, 2.24) is 0 Å². The van der Waals surface area contributed by atoms with Crippen molar-refractivity contribution in [2.45, 2.75) is 26.8 Å². The summed E-state index contributed by atoms with van der Waals surface area (Å²) in [7, 11) is 0. The molecule has 0 radical (unpaired) electrons. The Hall–Kier alpha value is -1.29. The topological polar surface area (TPSA) is 30.5 Å². The SMILES string of the molecule is CCCOc1c(Cl)cc(CNc2cc(Cl)ccc2Cl)cc1OCC. The van der Waals surface area contributed by atoms with E-state index in [1.54, 1.807) is 18.2 Å². The Labute approximate surface area is 157 Å². The average Bonchev–Trinajstić information content (AvgIpc) is 2.55. The number of rotatable bonds is 8. The second kappa shape index (κ2) is 9.26. The molecular formula is C18H20Cl3NO2. The summed E-state index contributed by atoms with van der Waals surface area (Å²) in [5, 5.41) is 5.02. The summed E-state index contributed by atoms with van der Waals surface area (Å²) in [6, 6.07) is 9.07. The Morgan fingerprint density at radius 3 is 2.46 bits per heavy atom. The molecule has 0 aromatic heterocycles. The van der Waals surface area contributed by atoms with Crippen LogP contribution in [-0.2, 0) is 6.54 Å². The van der Waals surface area contributed by atoms with Crippen LogP contribution >= 0.6 is 34.8 Å². The van der Waals surface area contributed by atoms with Crippen molar-refractivity contribution in [1.29, 1.82) is 0 Å². The standard InChI is InChI=1S/C18H20Cl3NO2/c1-3-7-24-18-15(21)8-12(9-17(18)23-4-2)11-22-16-10-13(19)5-6-14(16)20/h5-6,8-10,22H,3-4,7,11H2,1-2H3. The van der Waals surface area contributed by atoms with Gasteiger partial charge in [0.1, 0.15) is 0 Å². The molecular weight excluding hydrogens is 369 g/mol. The zero-order chi connectivity index (χ0) is 17.5. The number of benzene rings is 2. The van der Waals surface area contributed by atoms with Gasteiger partial charge in [0.25, 0.3) is 0 Å². The fourth-order valence-electron chi connectivity index (χ4n) is 2.16. The van der Waals surface area contributed by atoms with E-state index in [1.807, 2.05) is 26.0 Å². The lowest BCUT2D eigenvalue weighted by molar-refractivity contribution is 0.277. The maximum atomic E-state index is 6.36. The number of nitrogens with one attached hydrogen (secondary N) is 1. The third-order valence-corrected chi connectivity index (χ3v) is 4.08. The van der Waals surface area contributed by atoms with Crippen LogP contribution in [-0.4, -0.2) is 13.2 Å². The lowest BCUT2D eigenvalue weighted by atomic mass is 10.2. The first-order valence-corrected chi connectivity index (χ1v) is 8.95. The molecule has 130 valence electrons. The zero-order valence-electron chi connectivity index (χ0n) is 13.7. The first-order chi connectivity index (χ1) is 11.5. The van der Waals surface area contributed by atoms with Gasteiger partial charge in [-0.2, -0.15) is 0 Å². The van der Waals surface area contributed by atoms with E-state index in [-0.39, 0.29) is 0 Å². The second-order valence-electron chi connectivity index (χ2n) is 5.16. The van der Waals surface area contributed by atoms with Gasteiger partial charge >= 0.3 is 0 Å². The van der Waals surface area contributed by atoms with Crippen molar-refractivity contribution in [3.8, 4) is 11.5 Å². The third kappa shape index (κ3) is 5.10. The normalized spacial score (nSPS) is 10.5. The van der Waals surface area contributed by atoms with E-state index in [0.717, 1.165) is 17.7 Å². The van der Waals surface area contributed by atoms with E-state index < -0.39 is 0 Å². The highest BCUT2D eigenvalue weighted by molar-refractivity contribution is 6.35. The largest absolute Gasteiger partial charge is 0.490 e. The lowest BCUT2D eigenvalue weighted by Gasteiger charge is -2.16. The molecule has 0 amide bonds. The molecule has 0 atom stereocenters. The van der Waals surface area contributed by atoms with Crippen molar-refractivity contribution in [2.75, 3.05) is 18.5 Å². The minimum Gasteiger partial charge on any atom is -0.490 e. The van der Waals surface area contributed by atoms with Crippen LogP contribution in [0.5, 0.6) is 11.5 Å². The lowest BCUT2D eigenvalue weighted by Crippen LogP contribution is -2.04. The van der Waals surface area contributed by atoms with E-state index in [0.29, 0.717) is 46.3 Å². The summed E-state index contributed by atoms with van der Waals surface area (Å²) in [5.74, 6) is 1.23. The van der Waals surface area contributed by atoms with Gasteiger partial charge in [0, 0.05) is 11.6 Å². The van der Waals surface area contributed by atoms with Crippen molar-refractivity contribution >= 4 is 40.5 Å². The zero-order valence-corrected chi connectivity index (χ0v) is 15.9. The van der Waals surface area contributed by atoms with Gasteiger partial charge in [-0.1, -0.05) is 41.7 Å². The van der Waals surface area contributed by atoms with Crippen LogP contribution in [0.1, 0.15) is 25.8 Å². The maximum Gasteiger partial charge on any atom is 0.179 e. The van der Waals surface area contributed by atoms with Crippen LogP contribution in [0.15, 0.2) is 30.3 Å². The third-order valence-electron chi connectivity index (χ3n) is 3.23. The molecule has 2 rings (SSSR count). The minimum absolute atomic E-state index is 0.531. The van der Waals surface area contributed by atoms with E-state index >= 15 is 0 Å². The fourth-order valence-corrected chi connectivity index (χ4v) is 2.81. The van der Waals surface area contributed by atoms with E-state index in [2.05, 4.69) is 5.32 Å². The molecule has 0 unspecified atom stereocenters. The predicted molar refractivity (Wildman–Crippen MR) is 102 cm³/mol. The fraction of sp³-hybridized carbons (Fsp3) is 0.333. The van der Waals surface area contributed by atoms with Gasteiger partial charge in [-0.3, -0.25) is 0 Å². The number of ether oxygens (including phenoxy) is 2. The highest BCUT2D eigenvalue weighted by atomic mass is 35.5. The van der Waals surface area contributed by atoms with Gasteiger partial charge in [0.15, 0.2) is 11.5 Å². The molecule has 1 N–H and O–H groups in total. The number of hydrogen-bond donors (Lipinski definition) is 1. The van der Waals surface area contributed by atoms with Crippen LogP contribution in [0.2, 0.25) is 15.1 Å². The number of halogens is 3. The summed E-state index contributed by atoms with van der Waals surface area (Å²) in [6.45, 7) is 5.63. The number of anilines is 1. The molecule has 3 nitrogen and oxygen atoms in total. The Kier molecular flexibility index (Phi) is 7.35. The molecule has 0 fully saturated rings. The Bertz CT molecular complexity index is 692. The van der Waals surface area contributed by atoms with Crippen LogP contribution in [0.25, 0.3) is 0 Å². The summed E-state index contributed by atoms with van der Waals surface area (Å²) in [4.78, 5) is 0. The second-order valence-corrected chi connectivity index (χ2v) is 6.41. The summed E-state index contributed by atoms with van der Waals surface area (Å²) < 4.78 is 11.4. The van der Waals surface area contributed by atoms with E-state index in [4.69, 9.17) is 44.3 Å². The molecule has 0 heterocycles. The first-order valence-electron chi connectivity index (χ1n) is 7.82. The molecule has 24 heavy (non-hydrogen) atoms. The van der Waals surface area contributed by atoms with Crippen LogP contribution < -0.4 is 14.8 Å². The Balaban J connectivity index is 2.19. The predicted octanol–water partition coefficient (Wildman–Crippen LogP) is 6.45. The van der Waals surface area contributed by atoms with Crippen molar-refractivity contribution in [3.63, 3.8) is 0 Å². The maximum absolute atomic E-state index is 6.36. The van der Waals surface area contributed by atoms with E-state index in [9.17, 15) is 0 Å². The molecule has 0 saturated carbocycles. The molecule has 0 bridgehead atoms.